The Balaban J connectivity index is 1.57. The van der Waals surface area contributed by atoms with E-state index < -0.39 is 0 Å². The average Bonchev–Trinajstić information content (AvgIpc) is 3.24. The highest BCUT2D eigenvalue weighted by atomic mass is 15.3. The number of hydrogen-bond donors (Lipinski definition) is 3. The number of fused-ring (bicyclic) bond motifs is 1. The summed E-state index contributed by atoms with van der Waals surface area (Å²) in [6.07, 6.45) is 4.13. The van der Waals surface area contributed by atoms with Crippen LogP contribution < -0.4 is 15.5 Å². The van der Waals surface area contributed by atoms with Gasteiger partial charge in [-0.05, 0) is 55.9 Å². The maximum atomic E-state index is 4.92. The molecule has 2 aromatic carbocycles. The number of nitrogens with zero attached hydrogens (tertiary/aromatic N) is 4. The van der Waals surface area contributed by atoms with E-state index in [0.29, 0.717) is 17.5 Å². The van der Waals surface area contributed by atoms with E-state index in [1.54, 1.807) is 0 Å². The van der Waals surface area contributed by atoms with Gasteiger partial charge in [-0.1, -0.05) is 56.3 Å². The molecule has 0 atom stereocenters. The maximum absolute atomic E-state index is 4.92. The number of benzene rings is 2. The Morgan fingerprint density at radius 1 is 0.912 bits per heavy atom. The van der Waals surface area contributed by atoms with Gasteiger partial charge in [-0.3, -0.25) is 0 Å². The van der Waals surface area contributed by atoms with Crippen molar-refractivity contribution in [3.05, 3.63) is 65.7 Å². The highest BCUT2D eigenvalue weighted by Crippen LogP contribution is 2.27. The normalized spacial score (nSPS) is 11.0. The molecule has 3 N–H and O–H groups in total. The van der Waals surface area contributed by atoms with Crippen LogP contribution in [0.3, 0.4) is 0 Å². The minimum Gasteiger partial charge on any atom is -0.355 e. The number of hydrogen-bond acceptors (Lipinski definition) is 6. The summed E-state index contributed by atoms with van der Waals surface area (Å²) in [6.45, 7) is 9.15. The van der Waals surface area contributed by atoms with Crippen LogP contribution in [0, 0.1) is 6.92 Å². The van der Waals surface area contributed by atoms with Crippen molar-refractivity contribution in [2.24, 2.45) is 0 Å². The molecule has 0 radical (unpaired) electrons. The molecule has 34 heavy (non-hydrogen) atoms. The lowest BCUT2D eigenvalue weighted by Gasteiger charge is -2.23. The van der Waals surface area contributed by atoms with Crippen LogP contribution in [0.5, 0.6) is 0 Å². The molecule has 0 spiro atoms. The first-order valence-electron chi connectivity index (χ1n) is 12.3. The van der Waals surface area contributed by atoms with Gasteiger partial charge in [0.05, 0.1) is 0 Å². The predicted molar refractivity (Wildman–Crippen MR) is 142 cm³/mol. The van der Waals surface area contributed by atoms with Crippen LogP contribution in [0.4, 0.5) is 23.4 Å². The van der Waals surface area contributed by atoms with E-state index in [1.165, 1.54) is 11.1 Å². The Bertz CT molecular complexity index is 1180. The van der Waals surface area contributed by atoms with Gasteiger partial charge in [0, 0.05) is 25.3 Å². The molecule has 0 aliphatic heterocycles. The molecule has 0 unspecified atom stereocenters. The second-order valence-corrected chi connectivity index (χ2v) is 8.65. The third-order valence-electron chi connectivity index (χ3n) is 5.67. The third kappa shape index (κ3) is 6.04. The highest BCUT2D eigenvalue weighted by molar-refractivity contribution is 5.87. The second-order valence-electron chi connectivity index (χ2n) is 8.65. The van der Waals surface area contributed by atoms with Gasteiger partial charge >= 0.3 is 0 Å². The van der Waals surface area contributed by atoms with Gasteiger partial charge in [-0.25, -0.2) is 0 Å². The van der Waals surface area contributed by atoms with E-state index in [-0.39, 0.29) is 0 Å². The van der Waals surface area contributed by atoms with E-state index in [0.717, 1.165) is 62.3 Å². The molecule has 0 amide bonds. The van der Waals surface area contributed by atoms with Crippen LogP contribution in [-0.4, -0.2) is 39.6 Å². The number of H-pyrrole nitrogens is 1. The first-order valence-corrected chi connectivity index (χ1v) is 12.3. The summed E-state index contributed by atoms with van der Waals surface area (Å²) >= 11 is 0. The summed E-state index contributed by atoms with van der Waals surface area (Å²) in [4.78, 5) is 20.2. The summed E-state index contributed by atoms with van der Waals surface area (Å²) in [7, 11) is 0. The van der Waals surface area contributed by atoms with Crippen LogP contribution >= 0.6 is 0 Å². The van der Waals surface area contributed by atoms with E-state index in [2.05, 4.69) is 83.8 Å². The lowest BCUT2D eigenvalue weighted by atomic mass is 10.1. The summed E-state index contributed by atoms with van der Waals surface area (Å²) in [6, 6.07) is 18.8. The first-order chi connectivity index (χ1) is 16.7. The maximum Gasteiger partial charge on any atom is 0.226 e. The Hall–Kier alpha value is -3.61. The van der Waals surface area contributed by atoms with Crippen LogP contribution in [-0.2, 0) is 6.42 Å². The number of imidazole rings is 1. The van der Waals surface area contributed by atoms with Crippen molar-refractivity contribution in [1.82, 2.24) is 19.9 Å². The second kappa shape index (κ2) is 11.5. The lowest BCUT2D eigenvalue weighted by Crippen LogP contribution is -2.26. The van der Waals surface area contributed by atoms with Gasteiger partial charge < -0.3 is 20.5 Å². The van der Waals surface area contributed by atoms with Crippen molar-refractivity contribution in [1.29, 1.82) is 0 Å². The summed E-state index contributed by atoms with van der Waals surface area (Å²) in [5.74, 6) is 2.20. The number of rotatable bonds is 12. The molecule has 0 bridgehead atoms. The van der Waals surface area contributed by atoms with Crippen LogP contribution in [0.15, 0.2) is 54.6 Å². The number of aromatic nitrogens is 4. The zero-order valence-corrected chi connectivity index (χ0v) is 20.4. The number of aromatic amines is 1. The van der Waals surface area contributed by atoms with Crippen molar-refractivity contribution in [3.63, 3.8) is 0 Å². The van der Waals surface area contributed by atoms with E-state index >= 15 is 0 Å². The fourth-order valence-corrected chi connectivity index (χ4v) is 4.11. The largest absolute Gasteiger partial charge is 0.355 e. The number of anilines is 4. The molecule has 4 rings (SSSR count). The molecule has 2 aromatic heterocycles. The number of nitrogens with one attached hydrogen (secondary N) is 3. The Morgan fingerprint density at radius 2 is 1.71 bits per heavy atom. The molecular weight excluding hydrogens is 422 g/mol. The van der Waals surface area contributed by atoms with Crippen molar-refractivity contribution in [2.75, 3.05) is 35.2 Å². The molecule has 0 fully saturated rings. The van der Waals surface area contributed by atoms with E-state index in [9.17, 15) is 0 Å². The quantitative estimate of drug-likeness (QED) is 0.224. The lowest BCUT2D eigenvalue weighted by molar-refractivity contribution is 0.735. The smallest absolute Gasteiger partial charge is 0.226 e. The van der Waals surface area contributed by atoms with Gasteiger partial charge in [0.15, 0.2) is 11.5 Å². The summed E-state index contributed by atoms with van der Waals surface area (Å²) < 4.78 is 0. The van der Waals surface area contributed by atoms with Crippen LogP contribution in [0.2, 0.25) is 0 Å². The fourth-order valence-electron chi connectivity index (χ4n) is 4.11. The summed E-state index contributed by atoms with van der Waals surface area (Å²) in [5.41, 5.74) is 5.07. The van der Waals surface area contributed by atoms with Gasteiger partial charge in [0.2, 0.25) is 11.9 Å². The Kier molecular flexibility index (Phi) is 7.96. The molecule has 7 nitrogen and oxygen atoms in total. The van der Waals surface area contributed by atoms with E-state index in [4.69, 9.17) is 15.0 Å². The molecule has 2 heterocycles. The fraction of sp³-hybridized carbons (Fsp3) is 0.370. The van der Waals surface area contributed by atoms with Gasteiger partial charge in [-0.2, -0.15) is 15.0 Å². The molecular formula is C27H35N7. The van der Waals surface area contributed by atoms with Crippen molar-refractivity contribution < 1.29 is 0 Å². The van der Waals surface area contributed by atoms with E-state index in [1.807, 2.05) is 12.1 Å². The van der Waals surface area contributed by atoms with Crippen molar-refractivity contribution >= 4 is 34.6 Å². The molecule has 4 aromatic rings. The number of aryl methyl sites for hydroxylation is 2. The van der Waals surface area contributed by atoms with Crippen LogP contribution in [0.1, 0.15) is 44.2 Å². The molecule has 7 heteroatoms. The standard InChI is InChI=1S/C27H35N7/c1-4-17-34(18-5-2)25-23-24(32-27(30-23)29-22-15-9-11-20(3)19-22)31-26(33-25)28-16-10-14-21-12-7-6-8-13-21/h6-9,11-13,15,19H,4-5,10,14,16-18H2,1-3H3,(H3,28,29,30,31,32,33). The molecule has 0 aliphatic rings. The molecule has 0 saturated heterocycles. The molecule has 178 valence electrons. The predicted octanol–water partition coefficient (Wildman–Crippen LogP) is 6.08. The minimum absolute atomic E-state index is 0.626. The highest BCUT2D eigenvalue weighted by Gasteiger charge is 2.17. The van der Waals surface area contributed by atoms with Crippen LogP contribution in [0.25, 0.3) is 11.2 Å². The zero-order chi connectivity index (χ0) is 23.8. The molecule has 0 aliphatic carbocycles. The van der Waals surface area contributed by atoms with Crippen molar-refractivity contribution in [3.8, 4) is 0 Å². The first kappa shape index (κ1) is 23.5. The average molecular weight is 458 g/mol. The minimum atomic E-state index is 0.626. The summed E-state index contributed by atoms with van der Waals surface area (Å²) in [5, 5.41) is 6.81. The Morgan fingerprint density at radius 3 is 2.44 bits per heavy atom. The van der Waals surface area contributed by atoms with Gasteiger partial charge in [0.25, 0.3) is 0 Å². The monoisotopic (exact) mass is 457 g/mol. The van der Waals surface area contributed by atoms with Crippen molar-refractivity contribution in [2.45, 2.75) is 46.5 Å². The van der Waals surface area contributed by atoms with Gasteiger partial charge in [-0.15, -0.1) is 0 Å². The third-order valence-corrected chi connectivity index (χ3v) is 5.67. The zero-order valence-electron chi connectivity index (χ0n) is 20.4. The van der Waals surface area contributed by atoms with Gasteiger partial charge in [0.1, 0.15) is 5.52 Å². The molecule has 0 saturated carbocycles. The topological polar surface area (TPSA) is 81.8 Å². The SMILES string of the molecule is CCCN(CCC)c1nc(NCCCc2ccccc2)nc2nc(Nc3cccc(C)c3)[nH]c12. The Labute approximate surface area is 202 Å².